The minimum atomic E-state index is 0.358. The highest BCUT2D eigenvalue weighted by Gasteiger charge is 2.06. The quantitative estimate of drug-likeness (QED) is 0.367. The third-order valence-electron chi connectivity index (χ3n) is 2.40. The van der Waals surface area contributed by atoms with Gasteiger partial charge in [-0.3, -0.25) is 0 Å². The average molecular weight is 257 g/mol. The van der Waals surface area contributed by atoms with Crippen molar-refractivity contribution in [3.05, 3.63) is 30.3 Å². The molecule has 0 aliphatic carbocycles. The van der Waals surface area contributed by atoms with Crippen LogP contribution in [-0.2, 0) is 0 Å². The minimum Gasteiger partial charge on any atom is -0.126 e. The summed E-state index contributed by atoms with van der Waals surface area (Å²) in [5.41, 5.74) is 0. The van der Waals surface area contributed by atoms with Crippen molar-refractivity contribution >= 4 is 23.4 Å². The van der Waals surface area contributed by atoms with E-state index in [0.717, 1.165) is 12.8 Å². The van der Waals surface area contributed by atoms with E-state index < -0.39 is 0 Å². The maximum atomic E-state index is 6.25. The predicted molar refractivity (Wildman–Crippen MR) is 75.5 cm³/mol. The Labute approximate surface area is 109 Å². The Balaban J connectivity index is 2.08. The van der Waals surface area contributed by atoms with Crippen LogP contribution in [0.15, 0.2) is 35.2 Å². The Hall–Kier alpha value is -0.140. The zero-order chi connectivity index (χ0) is 11.8. The SMILES string of the molecule is CC(C)CC(Cl)CCCSc1ccccc1. The molecule has 0 bridgehead atoms. The number of halogens is 1. The molecule has 1 unspecified atom stereocenters. The van der Waals surface area contributed by atoms with Gasteiger partial charge >= 0.3 is 0 Å². The highest BCUT2D eigenvalue weighted by molar-refractivity contribution is 7.99. The van der Waals surface area contributed by atoms with E-state index in [9.17, 15) is 0 Å². The first-order chi connectivity index (χ1) is 7.68. The summed E-state index contributed by atoms with van der Waals surface area (Å²) in [5, 5.41) is 0.358. The van der Waals surface area contributed by atoms with Crippen LogP contribution < -0.4 is 0 Å². The summed E-state index contributed by atoms with van der Waals surface area (Å²) in [6, 6.07) is 10.6. The molecule has 0 aliphatic heterocycles. The Morgan fingerprint density at radius 2 is 1.88 bits per heavy atom. The van der Waals surface area contributed by atoms with E-state index in [-0.39, 0.29) is 0 Å². The number of hydrogen-bond acceptors (Lipinski definition) is 1. The van der Waals surface area contributed by atoms with Crippen molar-refractivity contribution in [3.63, 3.8) is 0 Å². The van der Waals surface area contributed by atoms with Gasteiger partial charge in [0, 0.05) is 10.3 Å². The summed E-state index contributed by atoms with van der Waals surface area (Å²) in [7, 11) is 0. The Morgan fingerprint density at radius 1 is 1.19 bits per heavy atom. The molecule has 0 aliphatic rings. The van der Waals surface area contributed by atoms with Gasteiger partial charge in [-0.1, -0.05) is 32.0 Å². The number of alkyl halides is 1. The van der Waals surface area contributed by atoms with E-state index in [2.05, 4.69) is 44.2 Å². The Kier molecular flexibility index (Phi) is 6.98. The first kappa shape index (κ1) is 13.9. The largest absolute Gasteiger partial charge is 0.126 e. The van der Waals surface area contributed by atoms with Crippen LogP contribution in [0.5, 0.6) is 0 Å². The molecule has 0 radical (unpaired) electrons. The molecule has 0 amide bonds. The number of hydrogen-bond donors (Lipinski definition) is 0. The summed E-state index contributed by atoms with van der Waals surface area (Å²) in [5.74, 6) is 1.88. The van der Waals surface area contributed by atoms with Crippen molar-refractivity contribution < 1.29 is 0 Å². The first-order valence-corrected chi connectivity index (χ1v) is 7.42. The second-order valence-electron chi connectivity index (χ2n) is 4.53. The van der Waals surface area contributed by atoms with Crippen molar-refractivity contribution in [1.29, 1.82) is 0 Å². The third kappa shape index (κ3) is 6.44. The first-order valence-electron chi connectivity index (χ1n) is 6.00. The standard InChI is InChI=1S/C14H21ClS/c1-12(2)11-13(15)7-6-10-16-14-8-4-3-5-9-14/h3-5,8-9,12-13H,6-7,10-11H2,1-2H3. The summed E-state index contributed by atoms with van der Waals surface area (Å²) < 4.78 is 0. The van der Waals surface area contributed by atoms with E-state index in [1.54, 1.807) is 0 Å². The van der Waals surface area contributed by atoms with Gasteiger partial charge in [0.1, 0.15) is 0 Å². The van der Waals surface area contributed by atoms with Gasteiger partial charge in [-0.15, -0.1) is 23.4 Å². The molecule has 2 heteroatoms. The molecule has 1 atom stereocenters. The monoisotopic (exact) mass is 256 g/mol. The van der Waals surface area contributed by atoms with E-state index in [4.69, 9.17) is 11.6 Å². The van der Waals surface area contributed by atoms with Gasteiger partial charge in [0.25, 0.3) is 0 Å². The highest BCUT2D eigenvalue weighted by atomic mass is 35.5. The summed E-state index contributed by atoms with van der Waals surface area (Å²) >= 11 is 8.17. The zero-order valence-corrected chi connectivity index (χ0v) is 11.7. The van der Waals surface area contributed by atoms with E-state index >= 15 is 0 Å². The number of benzene rings is 1. The fourth-order valence-corrected chi connectivity index (χ4v) is 3.05. The van der Waals surface area contributed by atoms with Crippen molar-refractivity contribution in [1.82, 2.24) is 0 Å². The van der Waals surface area contributed by atoms with Crippen molar-refractivity contribution in [2.75, 3.05) is 5.75 Å². The van der Waals surface area contributed by atoms with Crippen LogP contribution in [-0.4, -0.2) is 11.1 Å². The summed E-state index contributed by atoms with van der Waals surface area (Å²) in [6.45, 7) is 4.46. The molecular weight excluding hydrogens is 236 g/mol. The normalized spacial score (nSPS) is 13.0. The van der Waals surface area contributed by atoms with Crippen LogP contribution in [0.2, 0.25) is 0 Å². The molecule has 0 fully saturated rings. The maximum Gasteiger partial charge on any atom is 0.0338 e. The van der Waals surface area contributed by atoms with Crippen LogP contribution in [0.1, 0.15) is 33.1 Å². The van der Waals surface area contributed by atoms with Crippen molar-refractivity contribution in [3.8, 4) is 0 Å². The molecule has 0 heterocycles. The second kappa shape index (κ2) is 8.03. The fourth-order valence-electron chi connectivity index (χ4n) is 1.64. The summed E-state index contributed by atoms with van der Waals surface area (Å²) in [4.78, 5) is 1.36. The fraction of sp³-hybridized carbons (Fsp3) is 0.571. The lowest BCUT2D eigenvalue weighted by atomic mass is 10.1. The second-order valence-corrected chi connectivity index (χ2v) is 6.32. The van der Waals surface area contributed by atoms with Crippen LogP contribution in [0.4, 0.5) is 0 Å². The van der Waals surface area contributed by atoms with Gasteiger partial charge < -0.3 is 0 Å². The predicted octanol–water partition coefficient (Wildman–Crippen LogP) is 5.21. The third-order valence-corrected chi connectivity index (χ3v) is 3.90. The molecule has 16 heavy (non-hydrogen) atoms. The molecule has 0 nitrogen and oxygen atoms in total. The van der Waals surface area contributed by atoms with Gasteiger partial charge in [-0.05, 0) is 43.1 Å². The van der Waals surface area contributed by atoms with Crippen LogP contribution >= 0.6 is 23.4 Å². The van der Waals surface area contributed by atoms with Gasteiger partial charge in [-0.25, -0.2) is 0 Å². The topological polar surface area (TPSA) is 0 Å². The maximum absolute atomic E-state index is 6.25. The highest BCUT2D eigenvalue weighted by Crippen LogP contribution is 2.21. The lowest BCUT2D eigenvalue weighted by molar-refractivity contribution is 0.542. The van der Waals surface area contributed by atoms with Crippen molar-refractivity contribution in [2.45, 2.75) is 43.4 Å². The van der Waals surface area contributed by atoms with Gasteiger partial charge in [0.15, 0.2) is 0 Å². The van der Waals surface area contributed by atoms with E-state index in [0.29, 0.717) is 11.3 Å². The average Bonchev–Trinajstić information content (AvgIpc) is 2.25. The number of thioether (sulfide) groups is 1. The van der Waals surface area contributed by atoms with Gasteiger partial charge in [0.2, 0.25) is 0 Å². The number of rotatable bonds is 7. The molecule has 90 valence electrons. The molecule has 0 saturated heterocycles. The van der Waals surface area contributed by atoms with Crippen LogP contribution in [0.3, 0.4) is 0 Å². The van der Waals surface area contributed by atoms with Gasteiger partial charge in [0.05, 0.1) is 0 Å². The van der Waals surface area contributed by atoms with Gasteiger partial charge in [-0.2, -0.15) is 0 Å². The molecular formula is C14H21ClS. The lowest BCUT2D eigenvalue weighted by Gasteiger charge is -2.11. The minimum absolute atomic E-state index is 0.358. The Morgan fingerprint density at radius 3 is 2.50 bits per heavy atom. The zero-order valence-electron chi connectivity index (χ0n) is 10.2. The molecule has 0 saturated carbocycles. The summed E-state index contributed by atoms with van der Waals surface area (Å²) in [6.07, 6.45) is 3.48. The smallest absolute Gasteiger partial charge is 0.0338 e. The van der Waals surface area contributed by atoms with Crippen LogP contribution in [0.25, 0.3) is 0 Å². The van der Waals surface area contributed by atoms with E-state index in [1.165, 1.54) is 17.1 Å². The van der Waals surface area contributed by atoms with E-state index in [1.807, 2.05) is 11.8 Å². The molecule has 1 aromatic carbocycles. The van der Waals surface area contributed by atoms with Crippen LogP contribution in [0, 0.1) is 5.92 Å². The molecule has 1 aromatic rings. The lowest BCUT2D eigenvalue weighted by Crippen LogP contribution is -2.03. The molecule has 0 aromatic heterocycles. The molecule has 0 spiro atoms. The Bertz CT molecular complexity index is 271. The molecule has 0 N–H and O–H groups in total. The molecule has 1 rings (SSSR count). The van der Waals surface area contributed by atoms with Crippen molar-refractivity contribution in [2.24, 2.45) is 5.92 Å².